The molecular formula is C25H19BrFNO4S. The Hall–Kier alpha value is -3.10. The summed E-state index contributed by atoms with van der Waals surface area (Å²) in [6, 6.07) is 18.9. The molecule has 0 N–H and O–H groups in total. The zero-order chi connectivity index (χ0) is 23.4. The Morgan fingerprint density at radius 2 is 1.76 bits per heavy atom. The van der Waals surface area contributed by atoms with Gasteiger partial charge in [0.15, 0.2) is 11.5 Å². The van der Waals surface area contributed by atoms with E-state index in [1.807, 2.05) is 30.3 Å². The number of rotatable bonds is 7. The molecule has 2 amide bonds. The summed E-state index contributed by atoms with van der Waals surface area (Å²) in [6.45, 7) is 0.457. The molecule has 0 radical (unpaired) electrons. The molecule has 1 saturated heterocycles. The van der Waals surface area contributed by atoms with Crippen LogP contribution in [0.5, 0.6) is 11.5 Å². The van der Waals surface area contributed by atoms with Crippen molar-refractivity contribution in [3.05, 3.63) is 98.6 Å². The van der Waals surface area contributed by atoms with Crippen molar-refractivity contribution in [1.82, 2.24) is 4.90 Å². The normalized spacial score (nSPS) is 14.8. The number of carbonyl (C=O) groups excluding carboxylic acids is 2. The first-order valence-electron chi connectivity index (χ1n) is 9.98. The third-order valence-electron chi connectivity index (χ3n) is 4.90. The molecule has 0 bridgehead atoms. The minimum absolute atomic E-state index is 0.228. The zero-order valence-electron chi connectivity index (χ0n) is 17.6. The summed E-state index contributed by atoms with van der Waals surface area (Å²) >= 11 is 4.40. The van der Waals surface area contributed by atoms with Crippen LogP contribution in [0.2, 0.25) is 0 Å². The molecule has 5 nitrogen and oxygen atoms in total. The molecular weight excluding hydrogens is 509 g/mol. The van der Waals surface area contributed by atoms with Crippen LogP contribution in [0.25, 0.3) is 6.08 Å². The molecule has 0 aromatic heterocycles. The Morgan fingerprint density at radius 3 is 2.45 bits per heavy atom. The van der Waals surface area contributed by atoms with Crippen LogP contribution in [0.1, 0.15) is 16.7 Å². The van der Waals surface area contributed by atoms with E-state index in [0.29, 0.717) is 26.4 Å². The second-order valence-corrected chi connectivity index (χ2v) is 9.05. The first-order chi connectivity index (χ1) is 15.9. The van der Waals surface area contributed by atoms with Crippen LogP contribution < -0.4 is 9.47 Å². The minimum atomic E-state index is -0.333. The van der Waals surface area contributed by atoms with E-state index < -0.39 is 0 Å². The number of nitrogens with zero attached hydrogens (tertiary/aromatic N) is 1. The first-order valence-corrected chi connectivity index (χ1v) is 11.6. The molecule has 168 valence electrons. The summed E-state index contributed by atoms with van der Waals surface area (Å²) in [7, 11) is 1.52. The maximum absolute atomic E-state index is 13.1. The van der Waals surface area contributed by atoms with Crippen molar-refractivity contribution in [2.45, 2.75) is 13.2 Å². The molecule has 3 aromatic carbocycles. The van der Waals surface area contributed by atoms with Crippen molar-refractivity contribution >= 4 is 44.9 Å². The fourth-order valence-corrected chi connectivity index (χ4v) is 4.67. The van der Waals surface area contributed by atoms with Gasteiger partial charge in [-0.05, 0) is 74.7 Å². The van der Waals surface area contributed by atoms with Crippen molar-refractivity contribution in [2.75, 3.05) is 7.11 Å². The topological polar surface area (TPSA) is 55.8 Å². The number of halogens is 2. The maximum Gasteiger partial charge on any atom is 0.293 e. The van der Waals surface area contributed by atoms with E-state index in [9.17, 15) is 14.0 Å². The third kappa shape index (κ3) is 5.46. The van der Waals surface area contributed by atoms with Crippen LogP contribution in [0.4, 0.5) is 9.18 Å². The van der Waals surface area contributed by atoms with Crippen molar-refractivity contribution in [2.24, 2.45) is 0 Å². The molecule has 1 aliphatic rings. The lowest BCUT2D eigenvalue weighted by Crippen LogP contribution is -2.27. The van der Waals surface area contributed by atoms with E-state index in [2.05, 4.69) is 15.9 Å². The number of benzene rings is 3. The van der Waals surface area contributed by atoms with Gasteiger partial charge in [0.1, 0.15) is 12.4 Å². The largest absolute Gasteiger partial charge is 0.493 e. The quantitative estimate of drug-likeness (QED) is 0.332. The van der Waals surface area contributed by atoms with Crippen molar-refractivity contribution in [3.63, 3.8) is 0 Å². The minimum Gasteiger partial charge on any atom is -0.493 e. The average molecular weight is 528 g/mol. The summed E-state index contributed by atoms with van der Waals surface area (Å²) < 4.78 is 25.1. The molecule has 1 fully saturated rings. The molecule has 1 heterocycles. The van der Waals surface area contributed by atoms with Crippen LogP contribution >= 0.6 is 27.7 Å². The van der Waals surface area contributed by atoms with Crippen molar-refractivity contribution in [1.29, 1.82) is 0 Å². The van der Waals surface area contributed by atoms with Gasteiger partial charge in [-0.3, -0.25) is 14.5 Å². The Kier molecular flexibility index (Phi) is 7.15. The van der Waals surface area contributed by atoms with Gasteiger partial charge >= 0.3 is 0 Å². The molecule has 0 atom stereocenters. The number of thioether (sulfide) groups is 1. The Labute approximate surface area is 203 Å². The van der Waals surface area contributed by atoms with Gasteiger partial charge in [0, 0.05) is 0 Å². The maximum atomic E-state index is 13.1. The van der Waals surface area contributed by atoms with Gasteiger partial charge < -0.3 is 9.47 Å². The Bertz CT molecular complexity index is 1220. The predicted octanol–water partition coefficient (Wildman–Crippen LogP) is 6.41. The summed E-state index contributed by atoms with van der Waals surface area (Å²) in [4.78, 5) is 26.8. The lowest BCUT2D eigenvalue weighted by atomic mass is 10.1. The number of hydrogen-bond donors (Lipinski definition) is 0. The van der Waals surface area contributed by atoms with Crippen LogP contribution in [-0.2, 0) is 17.9 Å². The van der Waals surface area contributed by atoms with Gasteiger partial charge in [0.2, 0.25) is 0 Å². The van der Waals surface area contributed by atoms with E-state index >= 15 is 0 Å². The molecule has 1 aliphatic heterocycles. The molecule has 4 rings (SSSR count). The second kappa shape index (κ2) is 10.2. The van der Waals surface area contributed by atoms with Gasteiger partial charge in [-0.25, -0.2) is 4.39 Å². The smallest absolute Gasteiger partial charge is 0.293 e. The lowest BCUT2D eigenvalue weighted by molar-refractivity contribution is -0.123. The Morgan fingerprint density at radius 1 is 1.03 bits per heavy atom. The van der Waals surface area contributed by atoms with Crippen LogP contribution in [-0.4, -0.2) is 23.2 Å². The van der Waals surface area contributed by atoms with Gasteiger partial charge in [-0.1, -0.05) is 42.5 Å². The van der Waals surface area contributed by atoms with Gasteiger partial charge in [-0.2, -0.15) is 0 Å². The van der Waals surface area contributed by atoms with E-state index in [4.69, 9.17) is 9.47 Å². The molecule has 0 aliphatic carbocycles. The van der Waals surface area contributed by atoms with E-state index in [1.54, 1.807) is 30.3 Å². The number of methoxy groups -OCH3 is 1. The molecule has 8 heteroatoms. The van der Waals surface area contributed by atoms with E-state index in [0.717, 1.165) is 22.9 Å². The predicted molar refractivity (Wildman–Crippen MR) is 129 cm³/mol. The fraction of sp³-hybridized carbons (Fsp3) is 0.120. The number of amides is 2. The summed E-state index contributed by atoms with van der Waals surface area (Å²) in [5.41, 5.74) is 2.37. The van der Waals surface area contributed by atoms with Gasteiger partial charge in [0.05, 0.1) is 23.0 Å². The molecule has 0 spiro atoms. The van der Waals surface area contributed by atoms with Crippen molar-refractivity contribution < 1.29 is 23.5 Å². The highest BCUT2D eigenvalue weighted by Crippen LogP contribution is 2.39. The highest BCUT2D eigenvalue weighted by molar-refractivity contribution is 9.10. The fourth-order valence-electron chi connectivity index (χ4n) is 3.25. The summed E-state index contributed by atoms with van der Waals surface area (Å²) in [5, 5.41) is -0.305. The number of hydrogen-bond acceptors (Lipinski definition) is 5. The first kappa shape index (κ1) is 23.1. The molecule has 0 unspecified atom stereocenters. The average Bonchev–Trinajstić information content (AvgIpc) is 3.07. The van der Waals surface area contributed by atoms with E-state index in [-0.39, 0.29) is 30.1 Å². The number of ether oxygens (including phenoxy) is 2. The van der Waals surface area contributed by atoms with E-state index in [1.165, 1.54) is 24.1 Å². The molecule has 33 heavy (non-hydrogen) atoms. The molecule has 0 saturated carbocycles. The lowest BCUT2D eigenvalue weighted by Gasteiger charge is -2.14. The highest BCUT2D eigenvalue weighted by Gasteiger charge is 2.35. The third-order valence-corrected chi connectivity index (χ3v) is 6.40. The van der Waals surface area contributed by atoms with Gasteiger partial charge in [-0.15, -0.1) is 0 Å². The van der Waals surface area contributed by atoms with Crippen LogP contribution in [0.3, 0.4) is 0 Å². The van der Waals surface area contributed by atoms with Crippen molar-refractivity contribution in [3.8, 4) is 11.5 Å². The summed E-state index contributed by atoms with van der Waals surface area (Å²) in [5.74, 6) is 0.299. The standard InChI is InChI=1S/C25H19BrFNO4S/c1-31-21-12-18(11-20(26)23(21)32-15-17-7-9-19(27)10-8-17)13-22-24(29)28(25(30)33-22)14-16-5-3-2-4-6-16/h2-13H,14-15H2,1H3/b22-13+. The monoisotopic (exact) mass is 527 g/mol. The molecule has 3 aromatic rings. The Balaban J connectivity index is 1.53. The van der Waals surface area contributed by atoms with Crippen LogP contribution in [0.15, 0.2) is 76.1 Å². The number of imide groups is 1. The SMILES string of the molecule is COc1cc(/C=C2/SC(=O)N(Cc3ccccc3)C2=O)cc(Br)c1OCc1ccc(F)cc1. The second-order valence-electron chi connectivity index (χ2n) is 7.20. The van der Waals surface area contributed by atoms with Crippen LogP contribution in [0, 0.1) is 5.82 Å². The number of carbonyl (C=O) groups is 2. The summed E-state index contributed by atoms with van der Waals surface area (Å²) in [6.07, 6.45) is 1.66. The van der Waals surface area contributed by atoms with Gasteiger partial charge in [0.25, 0.3) is 11.1 Å². The zero-order valence-corrected chi connectivity index (χ0v) is 20.0. The highest BCUT2D eigenvalue weighted by atomic mass is 79.9.